The third-order valence-corrected chi connectivity index (χ3v) is 9.67. The highest BCUT2D eigenvalue weighted by Crippen LogP contribution is 2.42. The Morgan fingerprint density at radius 3 is 1.23 bits per heavy atom. The molecule has 0 radical (unpaired) electrons. The first-order chi connectivity index (χ1) is 19.1. The first-order valence-electron chi connectivity index (χ1n) is 12.4. The average molecular weight is 590 g/mol. The molecule has 0 unspecified atom stereocenters. The molecule has 6 aromatic rings. The van der Waals surface area contributed by atoms with E-state index >= 15 is 0 Å². The molecule has 0 atom stereocenters. The minimum atomic E-state index is -2.82. The molecule has 0 aliphatic heterocycles. The normalized spacial score (nSPS) is 10.8. The third-order valence-electron chi connectivity index (χ3n) is 6.07. The minimum absolute atomic E-state index is 0.699. The zero-order chi connectivity index (χ0) is 26.9. The van der Waals surface area contributed by atoms with Gasteiger partial charge in [-0.05, 0) is 24.3 Å². The van der Waals surface area contributed by atoms with Gasteiger partial charge in [0.1, 0.15) is 6.33 Å². The molecule has 0 spiro atoms. The standard InChI is InChI=1S/C18H14BrOP.C15H11N3/c19-15-11-13-18(14-12-15)21(20,16-7-3-1-4-8-16)17-9-5-2-6-10-17;1-3-7-12(8-4-1)14-16-11-17-15(18-14)13-9-5-2-6-10-13/h1-14H;1-11H. The van der Waals surface area contributed by atoms with Crippen LogP contribution in [0.2, 0.25) is 0 Å². The van der Waals surface area contributed by atoms with Gasteiger partial charge in [0.15, 0.2) is 18.8 Å². The summed E-state index contributed by atoms with van der Waals surface area (Å²) in [7, 11) is -2.82. The Hall–Kier alpha value is -4.18. The molecule has 6 heteroatoms. The maximum absolute atomic E-state index is 13.9. The van der Waals surface area contributed by atoms with Gasteiger partial charge < -0.3 is 4.57 Å². The van der Waals surface area contributed by atoms with E-state index in [4.69, 9.17) is 0 Å². The second-order valence-electron chi connectivity index (χ2n) is 8.62. The number of halogens is 1. The van der Waals surface area contributed by atoms with Crippen LogP contribution >= 0.6 is 23.1 Å². The summed E-state index contributed by atoms with van der Waals surface area (Å²) in [6.07, 6.45) is 1.55. The molecule has 39 heavy (non-hydrogen) atoms. The van der Waals surface area contributed by atoms with Gasteiger partial charge >= 0.3 is 0 Å². The zero-order valence-corrected chi connectivity index (χ0v) is 23.5. The first kappa shape index (κ1) is 26.4. The summed E-state index contributed by atoms with van der Waals surface area (Å²) >= 11 is 3.43. The van der Waals surface area contributed by atoms with E-state index in [1.807, 2.05) is 146 Å². The van der Waals surface area contributed by atoms with E-state index in [1.165, 1.54) is 0 Å². The quantitative estimate of drug-likeness (QED) is 0.198. The van der Waals surface area contributed by atoms with Crippen molar-refractivity contribution < 1.29 is 4.57 Å². The minimum Gasteiger partial charge on any atom is -0.309 e. The predicted octanol–water partition coefficient (Wildman–Crippen LogP) is 7.29. The van der Waals surface area contributed by atoms with Crippen LogP contribution in [0.1, 0.15) is 0 Å². The Kier molecular flexibility index (Phi) is 8.52. The molecule has 0 saturated carbocycles. The van der Waals surface area contributed by atoms with Crippen LogP contribution in [0.15, 0.2) is 156 Å². The number of rotatable bonds is 5. The van der Waals surface area contributed by atoms with Crippen LogP contribution in [-0.4, -0.2) is 15.0 Å². The van der Waals surface area contributed by atoms with Gasteiger partial charge in [0, 0.05) is 31.5 Å². The van der Waals surface area contributed by atoms with Gasteiger partial charge in [0.25, 0.3) is 0 Å². The van der Waals surface area contributed by atoms with Crippen LogP contribution < -0.4 is 15.9 Å². The Morgan fingerprint density at radius 2 is 0.821 bits per heavy atom. The average Bonchev–Trinajstić information content (AvgIpc) is 3.03. The van der Waals surface area contributed by atoms with Gasteiger partial charge in [0.2, 0.25) is 0 Å². The SMILES string of the molecule is O=P(c1ccccc1)(c1ccccc1)c1ccc(Br)cc1.c1ccc(-c2ncnc(-c3ccccc3)n2)cc1. The van der Waals surface area contributed by atoms with E-state index in [0.29, 0.717) is 11.6 Å². The molecule has 1 aromatic heterocycles. The molecule has 5 aromatic carbocycles. The Labute approximate surface area is 237 Å². The number of hydrogen-bond donors (Lipinski definition) is 0. The summed E-state index contributed by atoms with van der Waals surface area (Å²) < 4.78 is 14.9. The second-order valence-corrected chi connectivity index (χ2v) is 12.3. The molecule has 0 N–H and O–H groups in total. The summed E-state index contributed by atoms with van der Waals surface area (Å²) in [5.74, 6) is 1.40. The molecule has 6 rings (SSSR count). The van der Waals surface area contributed by atoms with Crippen molar-refractivity contribution in [2.24, 2.45) is 0 Å². The van der Waals surface area contributed by atoms with Crippen molar-refractivity contribution in [3.63, 3.8) is 0 Å². The van der Waals surface area contributed by atoms with E-state index in [2.05, 4.69) is 30.9 Å². The molecule has 0 aliphatic carbocycles. The van der Waals surface area contributed by atoms with Crippen LogP contribution in [0, 0.1) is 0 Å². The van der Waals surface area contributed by atoms with Crippen molar-refractivity contribution in [1.82, 2.24) is 15.0 Å². The van der Waals surface area contributed by atoms with Crippen LogP contribution in [0.3, 0.4) is 0 Å². The van der Waals surface area contributed by atoms with Crippen molar-refractivity contribution in [2.75, 3.05) is 0 Å². The highest BCUT2D eigenvalue weighted by molar-refractivity contribution is 9.10. The van der Waals surface area contributed by atoms with Crippen molar-refractivity contribution in [1.29, 1.82) is 0 Å². The Morgan fingerprint density at radius 1 is 0.462 bits per heavy atom. The Balaban J connectivity index is 0.000000160. The fraction of sp³-hybridized carbons (Fsp3) is 0. The number of benzene rings is 5. The van der Waals surface area contributed by atoms with Crippen LogP contribution in [-0.2, 0) is 4.57 Å². The van der Waals surface area contributed by atoms with Crippen molar-refractivity contribution in [3.05, 3.63) is 156 Å². The van der Waals surface area contributed by atoms with Gasteiger partial charge in [-0.15, -0.1) is 0 Å². The molecule has 1 heterocycles. The van der Waals surface area contributed by atoms with Gasteiger partial charge in [0.05, 0.1) is 0 Å². The molecule has 190 valence electrons. The van der Waals surface area contributed by atoms with Crippen molar-refractivity contribution in [3.8, 4) is 22.8 Å². The van der Waals surface area contributed by atoms with Crippen molar-refractivity contribution >= 4 is 39.0 Å². The van der Waals surface area contributed by atoms with E-state index in [0.717, 1.165) is 31.5 Å². The molecular weight excluding hydrogens is 565 g/mol. The Bertz CT molecular complexity index is 1570. The maximum Gasteiger partial charge on any atom is 0.171 e. The molecule has 0 amide bonds. The van der Waals surface area contributed by atoms with Crippen molar-refractivity contribution in [2.45, 2.75) is 0 Å². The molecule has 0 aliphatic rings. The third kappa shape index (κ3) is 6.28. The van der Waals surface area contributed by atoms with E-state index < -0.39 is 7.14 Å². The highest BCUT2D eigenvalue weighted by Gasteiger charge is 2.29. The van der Waals surface area contributed by atoms with Crippen LogP contribution in [0.25, 0.3) is 22.8 Å². The smallest absolute Gasteiger partial charge is 0.171 e. The summed E-state index contributed by atoms with van der Waals surface area (Å²) in [6, 6.07) is 46.9. The lowest BCUT2D eigenvalue weighted by Gasteiger charge is -2.19. The maximum atomic E-state index is 13.9. The summed E-state index contributed by atoms with van der Waals surface area (Å²) in [6.45, 7) is 0. The molecule has 0 fully saturated rings. The van der Waals surface area contributed by atoms with Gasteiger partial charge in [-0.3, -0.25) is 0 Å². The summed E-state index contributed by atoms with van der Waals surface area (Å²) in [5.41, 5.74) is 1.99. The fourth-order valence-corrected chi connectivity index (χ4v) is 7.03. The monoisotopic (exact) mass is 589 g/mol. The zero-order valence-electron chi connectivity index (χ0n) is 21.0. The lowest BCUT2D eigenvalue weighted by Crippen LogP contribution is -2.24. The lowest BCUT2D eigenvalue weighted by atomic mass is 10.2. The van der Waals surface area contributed by atoms with Crippen LogP contribution in [0.4, 0.5) is 0 Å². The molecule has 0 saturated heterocycles. The first-order valence-corrected chi connectivity index (χ1v) is 14.9. The number of aromatic nitrogens is 3. The second kappa shape index (κ2) is 12.6. The van der Waals surface area contributed by atoms with E-state index in [1.54, 1.807) is 6.33 Å². The van der Waals surface area contributed by atoms with E-state index in [-0.39, 0.29) is 0 Å². The van der Waals surface area contributed by atoms with Gasteiger partial charge in [-0.25, -0.2) is 15.0 Å². The topological polar surface area (TPSA) is 55.7 Å². The summed E-state index contributed by atoms with van der Waals surface area (Å²) in [4.78, 5) is 12.9. The largest absolute Gasteiger partial charge is 0.309 e. The number of nitrogens with zero attached hydrogens (tertiary/aromatic N) is 3. The summed E-state index contributed by atoms with van der Waals surface area (Å²) in [5, 5.41) is 2.57. The molecular formula is C33H25BrN3OP. The van der Waals surface area contributed by atoms with E-state index in [9.17, 15) is 4.57 Å². The lowest BCUT2D eigenvalue weighted by molar-refractivity contribution is 0.592. The molecule has 4 nitrogen and oxygen atoms in total. The fourth-order valence-electron chi connectivity index (χ4n) is 4.12. The predicted molar refractivity (Wildman–Crippen MR) is 164 cm³/mol. The van der Waals surface area contributed by atoms with Gasteiger partial charge in [-0.1, -0.05) is 137 Å². The highest BCUT2D eigenvalue weighted by atomic mass is 79.9. The van der Waals surface area contributed by atoms with Crippen LogP contribution in [0.5, 0.6) is 0 Å². The molecule has 0 bridgehead atoms. The number of hydrogen-bond acceptors (Lipinski definition) is 4. The van der Waals surface area contributed by atoms with Gasteiger partial charge in [-0.2, -0.15) is 0 Å².